The van der Waals surface area contributed by atoms with Crippen LogP contribution in [0.4, 0.5) is 0 Å². The summed E-state index contributed by atoms with van der Waals surface area (Å²) >= 11 is 0. The number of benzene rings is 2. The lowest BCUT2D eigenvalue weighted by atomic mass is 10.1. The van der Waals surface area contributed by atoms with Crippen LogP contribution < -0.4 is 10.0 Å². The average molecular weight is 230 g/mol. The second-order valence-corrected chi connectivity index (χ2v) is 4.00. The van der Waals surface area contributed by atoms with Crippen molar-refractivity contribution in [3.63, 3.8) is 0 Å². The van der Waals surface area contributed by atoms with Crippen molar-refractivity contribution < 1.29 is 9.30 Å². The Morgan fingerprint density at radius 2 is 1.81 bits per heavy atom. The lowest BCUT2D eigenvalue weighted by molar-refractivity contribution is 0.415. The first-order valence-corrected chi connectivity index (χ1v) is 5.73. The molecular weight excluding hydrogens is 219 g/mol. The normalized spacial score (nSPS) is 10.3. The molecule has 0 saturated heterocycles. The van der Waals surface area contributed by atoms with E-state index < -0.39 is 0 Å². The number of rotatable bonds is 3. The Kier molecular flexibility index (Phi) is 3.33. The van der Waals surface area contributed by atoms with Crippen molar-refractivity contribution in [2.24, 2.45) is 0 Å². The van der Waals surface area contributed by atoms with Gasteiger partial charge in [-0.05, 0) is 23.8 Å². The largest absolute Gasteiger partial charge is 0.497 e. The zero-order valence-corrected chi connectivity index (χ0v) is 9.78. The molecule has 0 aliphatic rings. The Hall–Kier alpha value is -1.66. The van der Waals surface area contributed by atoms with Crippen LogP contribution in [0.3, 0.4) is 0 Å². The smallest absolute Gasteiger partial charge is 0.192 e. The zero-order valence-electron chi connectivity index (χ0n) is 8.88. The van der Waals surface area contributed by atoms with E-state index in [1.54, 1.807) is 7.11 Å². The van der Waals surface area contributed by atoms with Crippen LogP contribution in [0.15, 0.2) is 48.5 Å². The molecule has 0 spiro atoms. The van der Waals surface area contributed by atoms with E-state index >= 15 is 0 Å². The van der Waals surface area contributed by atoms with E-state index in [1.165, 1.54) is 0 Å². The molecule has 0 amide bonds. The molecule has 16 heavy (non-hydrogen) atoms. The van der Waals surface area contributed by atoms with E-state index in [-0.39, 0.29) is 8.46 Å². The lowest BCUT2D eigenvalue weighted by Crippen LogP contribution is -1.98. The topological polar surface area (TPSA) is 26.3 Å². The van der Waals surface area contributed by atoms with Crippen LogP contribution in [0.5, 0.6) is 5.75 Å². The van der Waals surface area contributed by atoms with Gasteiger partial charge in [0.05, 0.1) is 12.4 Å². The lowest BCUT2D eigenvalue weighted by Gasteiger charge is -2.06. The van der Waals surface area contributed by atoms with Gasteiger partial charge in [0.2, 0.25) is 0 Å². The maximum Gasteiger partial charge on any atom is 0.192 e. The molecule has 0 heterocycles. The second kappa shape index (κ2) is 4.91. The maximum atomic E-state index is 11.1. The molecule has 0 bridgehead atoms. The van der Waals surface area contributed by atoms with Crippen molar-refractivity contribution in [1.82, 2.24) is 0 Å². The minimum atomic E-state index is 0.0253. The van der Waals surface area contributed by atoms with Crippen molar-refractivity contribution >= 4 is 13.8 Å². The fraction of sp³-hybridized carbons (Fsp3) is 0.0769. The van der Waals surface area contributed by atoms with Gasteiger partial charge in [-0.15, -0.1) is 0 Å². The number of methoxy groups -OCH3 is 1. The van der Waals surface area contributed by atoms with Gasteiger partial charge in [0, 0.05) is 5.56 Å². The van der Waals surface area contributed by atoms with Gasteiger partial charge in [-0.1, -0.05) is 30.3 Å². The van der Waals surface area contributed by atoms with Gasteiger partial charge in [-0.25, -0.2) is 0 Å². The number of hydrogen-bond acceptors (Lipinski definition) is 2. The molecule has 0 saturated carbocycles. The van der Waals surface area contributed by atoms with Crippen LogP contribution in [0.25, 0.3) is 11.1 Å². The third kappa shape index (κ3) is 2.12. The molecule has 0 unspecified atom stereocenters. The van der Waals surface area contributed by atoms with Crippen LogP contribution >= 0.6 is 8.46 Å². The molecule has 80 valence electrons. The molecule has 2 rings (SSSR count). The maximum absolute atomic E-state index is 11.1. The van der Waals surface area contributed by atoms with E-state index in [4.69, 9.17) is 4.74 Å². The van der Waals surface area contributed by atoms with Crippen LogP contribution in [-0.4, -0.2) is 7.11 Å². The van der Waals surface area contributed by atoms with Crippen LogP contribution in [0, 0.1) is 0 Å². The van der Waals surface area contributed by atoms with Gasteiger partial charge < -0.3 is 4.74 Å². The SMILES string of the molecule is COc1ccc(P=O)c(-c2ccccc2)c1. The molecule has 2 aromatic carbocycles. The third-order valence-corrected chi connectivity index (χ3v) is 2.97. The first kappa shape index (κ1) is 10.8. The molecule has 0 aliphatic heterocycles. The number of hydrogen-bond donors (Lipinski definition) is 0. The minimum absolute atomic E-state index is 0.0253. The fourth-order valence-corrected chi connectivity index (χ4v) is 2.00. The van der Waals surface area contributed by atoms with Crippen molar-refractivity contribution in [2.75, 3.05) is 7.11 Å². The summed E-state index contributed by atoms with van der Waals surface area (Å²) < 4.78 is 16.2. The summed E-state index contributed by atoms with van der Waals surface area (Å²) in [4.78, 5) is 0. The summed E-state index contributed by atoms with van der Waals surface area (Å²) in [6, 6.07) is 15.4. The summed E-state index contributed by atoms with van der Waals surface area (Å²) in [5.41, 5.74) is 1.98. The number of ether oxygens (including phenoxy) is 1. The molecule has 2 nitrogen and oxygen atoms in total. The molecule has 2 aromatic rings. The van der Waals surface area contributed by atoms with Gasteiger partial charge in [-0.3, -0.25) is 4.57 Å². The molecule has 0 aromatic heterocycles. The Labute approximate surface area is 96.1 Å². The van der Waals surface area contributed by atoms with E-state index in [2.05, 4.69) is 0 Å². The Bertz CT molecular complexity index is 495. The van der Waals surface area contributed by atoms with Crippen molar-refractivity contribution in [3.8, 4) is 16.9 Å². The third-order valence-electron chi connectivity index (χ3n) is 2.39. The zero-order chi connectivity index (χ0) is 11.4. The fourth-order valence-electron chi connectivity index (χ4n) is 1.57. The highest BCUT2D eigenvalue weighted by Crippen LogP contribution is 2.24. The van der Waals surface area contributed by atoms with Crippen molar-refractivity contribution in [2.45, 2.75) is 0 Å². The van der Waals surface area contributed by atoms with Crippen molar-refractivity contribution in [1.29, 1.82) is 0 Å². The summed E-state index contributed by atoms with van der Waals surface area (Å²) in [6.07, 6.45) is 0. The monoisotopic (exact) mass is 230 g/mol. The molecular formula is C13H11O2P. The molecule has 3 heteroatoms. The molecule has 0 radical (unpaired) electrons. The highest BCUT2D eigenvalue weighted by atomic mass is 31.1. The van der Waals surface area contributed by atoms with Crippen LogP contribution in [0.2, 0.25) is 0 Å². The first-order chi connectivity index (χ1) is 7.85. The van der Waals surface area contributed by atoms with Crippen LogP contribution in [0.1, 0.15) is 0 Å². The summed E-state index contributed by atoms with van der Waals surface area (Å²) in [7, 11) is 1.65. The van der Waals surface area contributed by atoms with Gasteiger partial charge in [0.25, 0.3) is 0 Å². The predicted molar refractivity (Wildman–Crippen MR) is 65.7 cm³/mol. The molecule has 0 atom stereocenters. The summed E-state index contributed by atoms with van der Waals surface area (Å²) in [6.45, 7) is 0. The Balaban J connectivity index is 2.57. The predicted octanol–water partition coefficient (Wildman–Crippen LogP) is 3.28. The van der Waals surface area contributed by atoms with Gasteiger partial charge in [0.15, 0.2) is 8.46 Å². The quantitative estimate of drug-likeness (QED) is 0.756. The van der Waals surface area contributed by atoms with E-state index in [1.807, 2.05) is 48.5 Å². The van der Waals surface area contributed by atoms with Gasteiger partial charge >= 0.3 is 0 Å². The highest BCUT2D eigenvalue weighted by Gasteiger charge is 2.06. The molecule has 0 fully saturated rings. The highest BCUT2D eigenvalue weighted by molar-refractivity contribution is 7.34. The first-order valence-electron chi connectivity index (χ1n) is 4.92. The van der Waals surface area contributed by atoms with E-state index in [0.717, 1.165) is 22.2 Å². The van der Waals surface area contributed by atoms with E-state index in [0.29, 0.717) is 0 Å². The molecule has 0 aliphatic carbocycles. The minimum Gasteiger partial charge on any atom is -0.497 e. The summed E-state index contributed by atoms with van der Waals surface area (Å²) in [5, 5.41) is 0.770. The van der Waals surface area contributed by atoms with Gasteiger partial charge in [0.1, 0.15) is 5.75 Å². The van der Waals surface area contributed by atoms with E-state index in [9.17, 15) is 4.57 Å². The van der Waals surface area contributed by atoms with Gasteiger partial charge in [-0.2, -0.15) is 0 Å². The summed E-state index contributed by atoms with van der Waals surface area (Å²) in [5.74, 6) is 0.770. The Morgan fingerprint density at radius 1 is 1.06 bits per heavy atom. The van der Waals surface area contributed by atoms with Crippen molar-refractivity contribution in [3.05, 3.63) is 48.5 Å². The molecule has 0 N–H and O–H groups in total. The standard InChI is InChI=1S/C13H11O2P/c1-15-11-7-8-13(16-14)12(9-11)10-5-3-2-4-6-10/h2-9H,1H3. The second-order valence-electron chi connectivity index (χ2n) is 3.34. The van der Waals surface area contributed by atoms with Crippen LogP contribution in [-0.2, 0) is 4.57 Å². The average Bonchev–Trinajstić information content (AvgIpc) is 2.39. The Morgan fingerprint density at radius 3 is 2.44 bits per heavy atom.